The first-order chi connectivity index (χ1) is 18.9. The Morgan fingerprint density at radius 1 is 0.769 bits per heavy atom. The van der Waals surface area contributed by atoms with E-state index < -0.39 is 5.82 Å². The van der Waals surface area contributed by atoms with Crippen molar-refractivity contribution in [3.8, 4) is 5.75 Å². The van der Waals surface area contributed by atoms with E-state index in [9.17, 15) is 18.8 Å². The number of hydrogen-bond donors (Lipinski definition) is 1. The maximum atomic E-state index is 14.2. The third kappa shape index (κ3) is 5.72. The standard InChI is InChI=1S/C30H31FN4O4/c1-39-23-11-8-21(9-12-23)28(36)32-22-10-13-27(25(20-22)30(38)34-14-4-5-15-34)33-16-18-35(19-17-33)29(37)24-6-2-3-7-26(24)31/h2-3,6-13,20H,4-5,14-19H2,1H3,(H,32,36). The van der Waals surface area contributed by atoms with Crippen LogP contribution in [0.4, 0.5) is 15.8 Å². The number of nitrogens with zero attached hydrogens (tertiary/aromatic N) is 3. The van der Waals surface area contributed by atoms with Gasteiger partial charge in [-0.05, 0) is 67.4 Å². The van der Waals surface area contributed by atoms with Crippen LogP contribution in [0.25, 0.3) is 0 Å². The summed E-state index contributed by atoms with van der Waals surface area (Å²) in [5.41, 5.74) is 2.33. The Balaban J connectivity index is 1.34. The highest BCUT2D eigenvalue weighted by Gasteiger charge is 2.28. The van der Waals surface area contributed by atoms with Crippen LogP contribution in [0.2, 0.25) is 0 Å². The second-order valence-electron chi connectivity index (χ2n) is 9.67. The normalized spacial score (nSPS) is 15.3. The van der Waals surface area contributed by atoms with Crippen LogP contribution >= 0.6 is 0 Å². The molecule has 9 heteroatoms. The van der Waals surface area contributed by atoms with Gasteiger partial charge in [0.15, 0.2) is 0 Å². The highest BCUT2D eigenvalue weighted by molar-refractivity contribution is 6.06. The van der Waals surface area contributed by atoms with Gasteiger partial charge in [-0.15, -0.1) is 0 Å². The second kappa shape index (κ2) is 11.6. The van der Waals surface area contributed by atoms with Crippen LogP contribution in [0.15, 0.2) is 66.7 Å². The molecule has 39 heavy (non-hydrogen) atoms. The molecule has 0 aromatic heterocycles. The van der Waals surface area contributed by atoms with Crippen LogP contribution in [0, 0.1) is 5.82 Å². The number of hydrogen-bond acceptors (Lipinski definition) is 5. The average molecular weight is 531 g/mol. The molecular weight excluding hydrogens is 499 g/mol. The lowest BCUT2D eigenvalue weighted by atomic mass is 10.1. The molecule has 0 aliphatic carbocycles. The molecule has 2 aliphatic heterocycles. The summed E-state index contributed by atoms with van der Waals surface area (Å²) in [5, 5.41) is 2.90. The SMILES string of the molecule is COc1ccc(C(=O)Nc2ccc(N3CCN(C(=O)c4ccccc4F)CC3)c(C(=O)N3CCCC3)c2)cc1. The number of nitrogens with one attached hydrogen (secondary N) is 1. The Labute approximate surface area is 227 Å². The van der Waals surface area contributed by atoms with Gasteiger partial charge < -0.3 is 24.8 Å². The molecule has 3 aromatic carbocycles. The third-order valence-electron chi connectivity index (χ3n) is 7.24. The Bertz CT molecular complexity index is 1360. The van der Waals surface area contributed by atoms with Crippen LogP contribution in [0.3, 0.4) is 0 Å². The maximum absolute atomic E-state index is 14.2. The van der Waals surface area contributed by atoms with E-state index in [1.54, 1.807) is 60.5 Å². The summed E-state index contributed by atoms with van der Waals surface area (Å²) in [6, 6.07) is 18.2. The molecule has 0 saturated carbocycles. The van der Waals surface area contributed by atoms with E-state index in [0.717, 1.165) is 18.5 Å². The first-order valence-electron chi connectivity index (χ1n) is 13.1. The van der Waals surface area contributed by atoms with Crippen molar-refractivity contribution in [3.05, 3.63) is 89.2 Å². The first-order valence-corrected chi connectivity index (χ1v) is 13.1. The van der Waals surface area contributed by atoms with Crippen LogP contribution in [0.1, 0.15) is 43.9 Å². The molecule has 5 rings (SSSR count). The largest absolute Gasteiger partial charge is 0.497 e. The Kier molecular flexibility index (Phi) is 7.76. The molecule has 1 N–H and O–H groups in total. The van der Waals surface area contributed by atoms with Crippen LogP contribution in [-0.4, -0.2) is 73.9 Å². The number of methoxy groups -OCH3 is 1. The Morgan fingerprint density at radius 3 is 2.08 bits per heavy atom. The summed E-state index contributed by atoms with van der Waals surface area (Å²) in [6.45, 7) is 3.20. The highest BCUT2D eigenvalue weighted by atomic mass is 19.1. The summed E-state index contributed by atoms with van der Waals surface area (Å²) >= 11 is 0. The lowest BCUT2D eigenvalue weighted by Crippen LogP contribution is -2.49. The smallest absolute Gasteiger partial charge is 0.256 e. The van der Waals surface area contributed by atoms with E-state index in [4.69, 9.17) is 4.74 Å². The van der Waals surface area contributed by atoms with E-state index in [1.807, 2.05) is 11.0 Å². The lowest BCUT2D eigenvalue weighted by Gasteiger charge is -2.37. The molecule has 2 fully saturated rings. The molecule has 0 radical (unpaired) electrons. The first kappa shape index (κ1) is 26.2. The molecule has 3 amide bonds. The number of piperazine rings is 1. The number of ether oxygens (including phenoxy) is 1. The van der Waals surface area contributed by atoms with Crippen LogP contribution in [-0.2, 0) is 0 Å². The maximum Gasteiger partial charge on any atom is 0.256 e. The van der Waals surface area contributed by atoms with Gasteiger partial charge in [0.1, 0.15) is 11.6 Å². The fourth-order valence-electron chi connectivity index (χ4n) is 5.05. The lowest BCUT2D eigenvalue weighted by molar-refractivity contribution is 0.0738. The van der Waals surface area contributed by atoms with Crippen molar-refractivity contribution in [1.29, 1.82) is 0 Å². The van der Waals surface area contributed by atoms with E-state index in [0.29, 0.717) is 61.8 Å². The Morgan fingerprint density at radius 2 is 1.41 bits per heavy atom. The summed E-state index contributed by atoms with van der Waals surface area (Å²) in [6.07, 6.45) is 1.93. The fourth-order valence-corrected chi connectivity index (χ4v) is 5.05. The molecule has 0 bridgehead atoms. The number of amides is 3. The fraction of sp³-hybridized carbons (Fsp3) is 0.300. The molecule has 8 nitrogen and oxygen atoms in total. The van der Waals surface area contributed by atoms with Crippen molar-refractivity contribution >= 4 is 29.1 Å². The zero-order valence-electron chi connectivity index (χ0n) is 21.9. The van der Waals surface area contributed by atoms with E-state index >= 15 is 0 Å². The van der Waals surface area contributed by atoms with Crippen molar-refractivity contribution < 1.29 is 23.5 Å². The van der Waals surface area contributed by atoms with E-state index in [-0.39, 0.29) is 23.3 Å². The van der Waals surface area contributed by atoms with Crippen LogP contribution < -0.4 is 15.0 Å². The van der Waals surface area contributed by atoms with Crippen molar-refractivity contribution in [2.75, 3.05) is 56.6 Å². The van der Waals surface area contributed by atoms with Gasteiger partial charge in [0.25, 0.3) is 17.7 Å². The van der Waals surface area contributed by atoms with Crippen molar-refractivity contribution in [2.24, 2.45) is 0 Å². The number of carbonyl (C=O) groups excluding carboxylic acids is 3. The van der Waals surface area contributed by atoms with Gasteiger partial charge in [0.05, 0.1) is 18.2 Å². The molecule has 0 unspecified atom stereocenters. The van der Waals surface area contributed by atoms with E-state index in [1.165, 1.54) is 12.1 Å². The molecule has 2 aliphatic rings. The van der Waals surface area contributed by atoms with Gasteiger partial charge in [0.2, 0.25) is 0 Å². The van der Waals surface area contributed by atoms with Crippen LogP contribution in [0.5, 0.6) is 5.75 Å². The molecule has 0 atom stereocenters. The molecule has 2 saturated heterocycles. The predicted molar refractivity (Wildman–Crippen MR) is 147 cm³/mol. The molecule has 0 spiro atoms. The molecule has 3 aromatic rings. The predicted octanol–water partition coefficient (Wildman–Crippen LogP) is 4.29. The quantitative estimate of drug-likeness (QED) is 0.515. The van der Waals surface area contributed by atoms with Crippen molar-refractivity contribution in [1.82, 2.24) is 9.80 Å². The number of likely N-dealkylation sites (tertiary alicyclic amines) is 1. The van der Waals surface area contributed by atoms with Crippen molar-refractivity contribution in [2.45, 2.75) is 12.8 Å². The summed E-state index contributed by atoms with van der Waals surface area (Å²) < 4.78 is 19.3. The van der Waals surface area contributed by atoms with Gasteiger partial charge in [-0.25, -0.2) is 4.39 Å². The summed E-state index contributed by atoms with van der Waals surface area (Å²) in [5.74, 6) is -0.573. The molecule has 2 heterocycles. The average Bonchev–Trinajstić information content (AvgIpc) is 3.52. The van der Waals surface area contributed by atoms with Gasteiger partial charge >= 0.3 is 0 Å². The van der Waals surface area contributed by atoms with Gasteiger partial charge in [0, 0.05) is 56.2 Å². The van der Waals surface area contributed by atoms with Gasteiger partial charge in [-0.3, -0.25) is 14.4 Å². The van der Waals surface area contributed by atoms with Gasteiger partial charge in [-0.2, -0.15) is 0 Å². The second-order valence-corrected chi connectivity index (χ2v) is 9.67. The third-order valence-corrected chi connectivity index (χ3v) is 7.24. The number of halogens is 1. The van der Waals surface area contributed by atoms with E-state index in [2.05, 4.69) is 10.2 Å². The Hall–Kier alpha value is -4.40. The van der Waals surface area contributed by atoms with Gasteiger partial charge in [-0.1, -0.05) is 12.1 Å². The van der Waals surface area contributed by atoms with Crippen molar-refractivity contribution in [3.63, 3.8) is 0 Å². The zero-order valence-corrected chi connectivity index (χ0v) is 21.9. The minimum atomic E-state index is -0.532. The zero-order chi connectivity index (χ0) is 27.4. The molecular formula is C30H31FN4O4. The highest BCUT2D eigenvalue weighted by Crippen LogP contribution is 2.29. The summed E-state index contributed by atoms with van der Waals surface area (Å²) in [4.78, 5) is 44.8. The molecule has 202 valence electrons. The minimum Gasteiger partial charge on any atom is -0.497 e. The number of benzene rings is 3. The monoisotopic (exact) mass is 530 g/mol. The number of carbonyl (C=O) groups is 3. The summed E-state index contributed by atoms with van der Waals surface area (Å²) in [7, 11) is 1.57. The minimum absolute atomic E-state index is 0.0628. The number of anilines is 2. The number of rotatable bonds is 6. The topological polar surface area (TPSA) is 82.2 Å².